The molecule has 0 bridgehead atoms. The molecule has 0 fully saturated rings. The highest BCUT2D eigenvalue weighted by molar-refractivity contribution is 7.47. The van der Waals surface area contributed by atoms with Crippen molar-refractivity contribution in [1.29, 1.82) is 0 Å². The molecule has 0 aliphatic rings. The smallest absolute Gasteiger partial charge is 0.462 e. The van der Waals surface area contributed by atoms with E-state index in [1.165, 1.54) is 161 Å². The molecule has 0 radical (unpaired) electrons. The fourth-order valence-electron chi connectivity index (χ4n) is 10.4. The van der Waals surface area contributed by atoms with Crippen LogP contribution in [0.5, 0.6) is 0 Å². The Hall–Kier alpha value is -1.94. The lowest BCUT2D eigenvalue weighted by Gasteiger charge is -2.21. The van der Waals surface area contributed by atoms with E-state index in [2.05, 4.69) is 41.5 Å². The van der Waals surface area contributed by atoms with Crippen molar-refractivity contribution in [2.75, 3.05) is 39.6 Å². The number of unbranched alkanes of at least 4 members (excludes halogenated alkanes) is 36. The molecular formula is C69H134O17P2. The van der Waals surface area contributed by atoms with Crippen molar-refractivity contribution >= 4 is 39.5 Å². The van der Waals surface area contributed by atoms with E-state index in [1.54, 1.807) is 0 Å². The van der Waals surface area contributed by atoms with Crippen LogP contribution in [0.2, 0.25) is 0 Å². The molecule has 4 unspecified atom stereocenters. The van der Waals surface area contributed by atoms with Crippen molar-refractivity contribution in [2.45, 2.75) is 368 Å². The standard InChI is InChI=1S/C69H134O17P2/c1-7-11-13-15-16-17-18-19-20-21-22-23-24-29-35-41-47-53-68(73)86-65(58-80-67(72)52-46-40-34-28-26-25-27-32-38-43-49-61(5)9-3)60-84-88(77,78)82-56-63(70)55-81-87(75,76)83-59-64(57-79-66(71)51-45-37-14-12-8-2)85-69(74)54-48-42-36-31-30-33-39-44-50-62(6)10-4/h61-65,70H,7-60H2,1-6H3,(H,75,76)(H,77,78)/t61?,62?,63-,64+,65+/m0/s1. The molecule has 3 N–H and O–H groups in total. The molecule has 0 aromatic carbocycles. The number of phosphoric acid groups is 2. The van der Waals surface area contributed by atoms with Crippen molar-refractivity contribution < 1.29 is 80.2 Å². The zero-order valence-corrected chi connectivity index (χ0v) is 58.8. The Morgan fingerprint density at radius 3 is 0.807 bits per heavy atom. The first kappa shape index (κ1) is 86.1. The number of phosphoric ester groups is 2. The Bertz CT molecular complexity index is 1720. The van der Waals surface area contributed by atoms with Crippen LogP contribution >= 0.6 is 15.6 Å². The molecule has 0 rings (SSSR count). The summed E-state index contributed by atoms with van der Waals surface area (Å²) in [5.74, 6) is -0.558. The molecule has 0 aliphatic heterocycles. The van der Waals surface area contributed by atoms with Gasteiger partial charge in [-0.05, 0) is 37.5 Å². The molecule has 0 saturated heterocycles. The average Bonchev–Trinajstić information content (AvgIpc) is 3.51. The van der Waals surface area contributed by atoms with E-state index in [1.807, 2.05) is 0 Å². The molecule has 0 aromatic rings. The number of aliphatic hydroxyl groups excluding tert-OH is 1. The van der Waals surface area contributed by atoms with Gasteiger partial charge in [0.25, 0.3) is 0 Å². The van der Waals surface area contributed by atoms with Gasteiger partial charge in [0.15, 0.2) is 12.2 Å². The largest absolute Gasteiger partial charge is 0.472 e. The van der Waals surface area contributed by atoms with Gasteiger partial charge in [-0.2, -0.15) is 0 Å². The van der Waals surface area contributed by atoms with Crippen LogP contribution in [-0.2, 0) is 65.4 Å². The number of aliphatic hydroxyl groups is 1. The van der Waals surface area contributed by atoms with Crippen molar-refractivity contribution in [3.63, 3.8) is 0 Å². The fraction of sp³-hybridized carbons (Fsp3) is 0.942. The molecule has 88 heavy (non-hydrogen) atoms. The van der Waals surface area contributed by atoms with E-state index in [0.29, 0.717) is 25.7 Å². The molecule has 0 amide bonds. The van der Waals surface area contributed by atoms with Gasteiger partial charge in [0, 0.05) is 25.7 Å². The van der Waals surface area contributed by atoms with Crippen LogP contribution in [0, 0.1) is 11.8 Å². The minimum Gasteiger partial charge on any atom is -0.462 e. The highest BCUT2D eigenvalue weighted by Gasteiger charge is 2.30. The minimum atomic E-state index is -4.95. The number of carbonyl (C=O) groups excluding carboxylic acids is 4. The van der Waals surface area contributed by atoms with Crippen LogP contribution in [0.4, 0.5) is 0 Å². The van der Waals surface area contributed by atoms with Crippen LogP contribution in [0.3, 0.4) is 0 Å². The number of rotatable bonds is 68. The maximum absolute atomic E-state index is 13.0. The average molecular weight is 1300 g/mol. The Kier molecular flexibility index (Phi) is 59.9. The lowest BCUT2D eigenvalue weighted by molar-refractivity contribution is -0.161. The van der Waals surface area contributed by atoms with Crippen LogP contribution < -0.4 is 0 Å². The first-order chi connectivity index (χ1) is 42.4. The first-order valence-electron chi connectivity index (χ1n) is 36.1. The first-order valence-corrected chi connectivity index (χ1v) is 39.1. The van der Waals surface area contributed by atoms with Crippen LogP contribution in [-0.4, -0.2) is 96.7 Å². The number of ether oxygens (including phenoxy) is 4. The van der Waals surface area contributed by atoms with E-state index in [9.17, 15) is 43.2 Å². The lowest BCUT2D eigenvalue weighted by Crippen LogP contribution is -2.30. The summed E-state index contributed by atoms with van der Waals surface area (Å²) in [6.07, 6.45) is 46.1. The summed E-state index contributed by atoms with van der Waals surface area (Å²) in [5, 5.41) is 10.6. The minimum absolute atomic E-state index is 0.104. The van der Waals surface area contributed by atoms with Crippen molar-refractivity contribution in [3.8, 4) is 0 Å². The third-order valence-corrected chi connectivity index (χ3v) is 18.6. The van der Waals surface area contributed by atoms with Gasteiger partial charge in [-0.1, -0.05) is 298 Å². The van der Waals surface area contributed by atoms with Gasteiger partial charge >= 0.3 is 39.5 Å². The predicted octanol–water partition coefficient (Wildman–Crippen LogP) is 19.6. The monoisotopic (exact) mass is 1300 g/mol. The highest BCUT2D eigenvalue weighted by atomic mass is 31.2. The topological polar surface area (TPSA) is 237 Å². The number of esters is 4. The molecule has 0 heterocycles. The summed E-state index contributed by atoms with van der Waals surface area (Å²) < 4.78 is 68.1. The van der Waals surface area contributed by atoms with E-state index in [0.717, 1.165) is 108 Å². The second-order valence-corrected chi connectivity index (χ2v) is 28.3. The van der Waals surface area contributed by atoms with Gasteiger partial charge < -0.3 is 33.8 Å². The molecule has 0 spiro atoms. The van der Waals surface area contributed by atoms with Gasteiger partial charge in [-0.3, -0.25) is 37.3 Å². The zero-order chi connectivity index (χ0) is 65.0. The summed E-state index contributed by atoms with van der Waals surface area (Å²) in [4.78, 5) is 72.2. The van der Waals surface area contributed by atoms with E-state index in [4.69, 9.17) is 37.0 Å². The zero-order valence-electron chi connectivity index (χ0n) is 57.0. The quantitative estimate of drug-likeness (QED) is 0.0222. The number of hydrogen-bond acceptors (Lipinski definition) is 15. The second kappa shape index (κ2) is 61.3. The number of hydrogen-bond donors (Lipinski definition) is 3. The maximum atomic E-state index is 13.0. The normalized spacial score (nSPS) is 14.8. The van der Waals surface area contributed by atoms with Crippen LogP contribution in [0.1, 0.15) is 350 Å². The maximum Gasteiger partial charge on any atom is 0.472 e. The Labute approximate surface area is 537 Å². The summed E-state index contributed by atoms with van der Waals surface area (Å²) >= 11 is 0. The number of carbonyl (C=O) groups is 4. The highest BCUT2D eigenvalue weighted by Crippen LogP contribution is 2.45. The van der Waals surface area contributed by atoms with Gasteiger partial charge in [0.2, 0.25) is 0 Å². The second-order valence-electron chi connectivity index (χ2n) is 25.4. The predicted molar refractivity (Wildman–Crippen MR) is 354 cm³/mol. The van der Waals surface area contributed by atoms with Crippen LogP contribution in [0.25, 0.3) is 0 Å². The van der Waals surface area contributed by atoms with Gasteiger partial charge in [0.1, 0.15) is 19.3 Å². The molecule has 522 valence electrons. The lowest BCUT2D eigenvalue weighted by atomic mass is 9.99. The third-order valence-electron chi connectivity index (χ3n) is 16.7. The van der Waals surface area contributed by atoms with Gasteiger partial charge in [0.05, 0.1) is 26.4 Å². The van der Waals surface area contributed by atoms with Gasteiger partial charge in [-0.25, -0.2) is 9.13 Å². The Morgan fingerprint density at radius 1 is 0.318 bits per heavy atom. The van der Waals surface area contributed by atoms with Crippen molar-refractivity contribution in [3.05, 3.63) is 0 Å². The SMILES string of the molecule is CCCCCCCCCCCCCCCCCCCC(=O)O[C@H](COC(=O)CCCCCCCCCCCCC(C)CC)COP(=O)(O)OC[C@@H](O)COP(=O)(O)OC[C@@H](COC(=O)CCCCCCC)OC(=O)CCCCCCCCCCC(C)CC. The Balaban J connectivity index is 5.17. The molecule has 0 aliphatic carbocycles. The Morgan fingerprint density at radius 2 is 0.545 bits per heavy atom. The molecule has 19 heteroatoms. The summed E-state index contributed by atoms with van der Waals surface area (Å²) in [7, 11) is -9.89. The van der Waals surface area contributed by atoms with Crippen molar-refractivity contribution in [1.82, 2.24) is 0 Å². The molecule has 0 aromatic heterocycles. The third kappa shape index (κ3) is 60.3. The van der Waals surface area contributed by atoms with E-state index in [-0.39, 0.29) is 25.7 Å². The molecular weight excluding hydrogens is 1160 g/mol. The molecule has 17 nitrogen and oxygen atoms in total. The molecule has 0 saturated carbocycles. The van der Waals surface area contributed by atoms with E-state index < -0.39 is 97.5 Å². The summed E-state index contributed by atoms with van der Waals surface area (Å²) in [6.45, 7) is 9.48. The molecule has 7 atom stereocenters. The van der Waals surface area contributed by atoms with Crippen molar-refractivity contribution in [2.24, 2.45) is 11.8 Å². The van der Waals surface area contributed by atoms with Crippen LogP contribution in [0.15, 0.2) is 0 Å². The van der Waals surface area contributed by atoms with Gasteiger partial charge in [-0.15, -0.1) is 0 Å². The summed E-state index contributed by atoms with van der Waals surface area (Å²) in [5.41, 5.74) is 0. The fourth-order valence-corrected chi connectivity index (χ4v) is 11.9. The summed E-state index contributed by atoms with van der Waals surface area (Å²) in [6, 6.07) is 0. The van der Waals surface area contributed by atoms with E-state index >= 15 is 0 Å².